The zero-order chi connectivity index (χ0) is 32.6. The van der Waals surface area contributed by atoms with Gasteiger partial charge in [0.15, 0.2) is 5.96 Å². The normalized spacial score (nSPS) is 27.8. The molecule has 10 N–H and O–H groups in total. The second-order valence-electron chi connectivity index (χ2n) is 10.5. The summed E-state index contributed by atoms with van der Waals surface area (Å²) in [7, 11) is 0. The number of carbonyl (C=O) groups is 8. The van der Waals surface area contributed by atoms with Crippen molar-refractivity contribution in [3.63, 3.8) is 0 Å². The lowest BCUT2D eigenvalue weighted by molar-refractivity contribution is -0.154. The summed E-state index contributed by atoms with van der Waals surface area (Å²) in [6.45, 7) is -0.502. The second-order valence-corrected chi connectivity index (χ2v) is 10.5. The van der Waals surface area contributed by atoms with Crippen LogP contribution >= 0.6 is 0 Å². The fraction of sp³-hybridized carbons (Fsp3) is 0.640. The van der Waals surface area contributed by atoms with Crippen LogP contribution in [0.2, 0.25) is 0 Å². The minimum atomic E-state index is -1.64. The average Bonchev–Trinajstić information content (AvgIpc) is 3.57. The Kier molecular flexibility index (Phi) is 11.5. The van der Waals surface area contributed by atoms with E-state index < -0.39 is 104 Å². The molecule has 0 radical (unpaired) electrons. The van der Waals surface area contributed by atoms with E-state index in [1.807, 2.05) is 0 Å². The number of hydrogen-bond donors (Lipinski definition) is 8. The number of nitrogens with two attached hydrogens (primary N) is 2. The number of nitrogens with one attached hydrogen (secondary N) is 5. The summed E-state index contributed by atoms with van der Waals surface area (Å²) in [5.41, 5.74) is 10.6. The summed E-state index contributed by atoms with van der Waals surface area (Å²) >= 11 is 0. The topological polar surface area (TPSA) is 288 Å². The monoisotopic (exact) mass is 622 g/mol. The zero-order valence-electron chi connectivity index (χ0n) is 24.2. The van der Waals surface area contributed by atoms with Gasteiger partial charge < -0.3 is 48.1 Å². The van der Waals surface area contributed by atoms with Gasteiger partial charge in [0.25, 0.3) is 5.91 Å². The number of amides is 8. The van der Waals surface area contributed by atoms with Gasteiger partial charge in [-0.15, -0.1) is 0 Å². The third-order valence-electron chi connectivity index (χ3n) is 7.32. The number of imide groups is 1. The van der Waals surface area contributed by atoms with E-state index in [9.17, 15) is 43.5 Å². The molecule has 2 bridgehead atoms. The molecular weight excluding hydrogens is 584 g/mol. The van der Waals surface area contributed by atoms with Crippen LogP contribution in [-0.4, -0.2) is 131 Å². The highest BCUT2D eigenvalue weighted by Gasteiger charge is 2.48. The van der Waals surface area contributed by atoms with Crippen molar-refractivity contribution in [1.29, 1.82) is 0 Å². The van der Waals surface area contributed by atoms with Crippen LogP contribution in [0.3, 0.4) is 0 Å². The number of aliphatic hydroxyl groups is 1. The van der Waals surface area contributed by atoms with Gasteiger partial charge in [0.05, 0.1) is 26.1 Å². The maximum atomic E-state index is 13.4. The van der Waals surface area contributed by atoms with Crippen molar-refractivity contribution in [2.45, 2.75) is 69.2 Å². The van der Waals surface area contributed by atoms with Gasteiger partial charge in [-0.1, -0.05) is 0 Å². The Hall–Kier alpha value is -4.81. The minimum Gasteiger partial charge on any atom is -0.394 e. The van der Waals surface area contributed by atoms with Gasteiger partial charge in [0.1, 0.15) is 30.2 Å². The van der Waals surface area contributed by atoms with Crippen LogP contribution in [0.1, 0.15) is 39.0 Å². The maximum absolute atomic E-state index is 13.4. The third-order valence-corrected chi connectivity index (χ3v) is 7.32. The Morgan fingerprint density at radius 1 is 0.909 bits per heavy atom. The fourth-order valence-corrected chi connectivity index (χ4v) is 5.11. The zero-order valence-corrected chi connectivity index (χ0v) is 24.2. The first kappa shape index (κ1) is 33.7. The van der Waals surface area contributed by atoms with E-state index in [1.165, 1.54) is 6.92 Å². The van der Waals surface area contributed by atoms with Crippen LogP contribution in [0.4, 0.5) is 0 Å². The van der Waals surface area contributed by atoms with Crippen LogP contribution in [0.5, 0.6) is 0 Å². The molecule has 3 saturated heterocycles. The molecule has 8 amide bonds. The Labute approximate surface area is 251 Å². The van der Waals surface area contributed by atoms with Gasteiger partial charge in [-0.2, -0.15) is 0 Å². The van der Waals surface area contributed by atoms with E-state index in [4.69, 9.17) is 11.5 Å². The van der Waals surface area contributed by atoms with E-state index in [0.717, 1.165) is 4.90 Å². The van der Waals surface area contributed by atoms with E-state index in [0.29, 0.717) is 11.3 Å². The van der Waals surface area contributed by atoms with Gasteiger partial charge in [0, 0.05) is 13.1 Å². The van der Waals surface area contributed by atoms with E-state index in [2.05, 4.69) is 31.6 Å². The van der Waals surface area contributed by atoms with Crippen molar-refractivity contribution < 1.29 is 43.5 Å². The molecule has 5 atom stereocenters. The smallest absolute Gasteiger partial charge is 0.253 e. The fourth-order valence-electron chi connectivity index (χ4n) is 5.11. The first-order chi connectivity index (χ1) is 20.8. The molecule has 19 heteroatoms. The lowest BCUT2D eigenvalue weighted by Gasteiger charge is -2.31. The largest absolute Gasteiger partial charge is 0.394 e. The number of aliphatic hydroxyl groups excluding tert-OH is 1. The average molecular weight is 623 g/mol. The number of rotatable bonds is 5. The summed E-state index contributed by atoms with van der Waals surface area (Å²) in [6, 6.07) is -6.36. The van der Waals surface area contributed by atoms with Crippen molar-refractivity contribution in [3.8, 4) is 0 Å². The molecule has 3 aliphatic heterocycles. The third kappa shape index (κ3) is 8.39. The van der Waals surface area contributed by atoms with Gasteiger partial charge in [-0.25, -0.2) is 0 Å². The highest BCUT2D eigenvalue weighted by molar-refractivity contribution is 6.10. The molecule has 0 aromatic heterocycles. The van der Waals surface area contributed by atoms with E-state index >= 15 is 0 Å². The number of nitrogens with zero attached hydrogens (tertiary/aromatic N) is 3. The van der Waals surface area contributed by atoms with Crippen molar-refractivity contribution in [2.24, 2.45) is 16.5 Å². The molecule has 44 heavy (non-hydrogen) atoms. The molecule has 0 saturated carbocycles. The van der Waals surface area contributed by atoms with Crippen LogP contribution in [0.15, 0.2) is 4.99 Å². The molecule has 19 nitrogen and oxygen atoms in total. The predicted molar refractivity (Wildman–Crippen MR) is 149 cm³/mol. The molecule has 3 aliphatic rings. The number of fused-ring (bicyclic) bond motifs is 3. The summed E-state index contributed by atoms with van der Waals surface area (Å²) < 4.78 is 0. The lowest BCUT2D eigenvalue weighted by atomic mass is 10.1. The van der Waals surface area contributed by atoms with Crippen molar-refractivity contribution in [1.82, 2.24) is 36.4 Å². The number of hydrogen-bond acceptors (Lipinski definition) is 10. The number of guanidine groups is 1. The van der Waals surface area contributed by atoms with Gasteiger partial charge in [0.2, 0.25) is 41.4 Å². The first-order valence-corrected chi connectivity index (χ1v) is 14.1. The molecule has 0 aromatic rings. The Morgan fingerprint density at radius 2 is 1.57 bits per heavy atom. The SMILES string of the molecule is C[C@@H]1NC(=O)[C@@H]2CCCN2C(=O)[C@H](CO)N2C(=O)C[C@H](NC(=O)CNC(=O)[C@H](CCCN=C(N)N)NC(=O)CNC1=O)C2=O. The highest BCUT2D eigenvalue weighted by atomic mass is 16.3. The lowest BCUT2D eigenvalue weighted by Crippen LogP contribution is -2.58. The van der Waals surface area contributed by atoms with Crippen LogP contribution in [-0.2, 0) is 38.4 Å². The van der Waals surface area contributed by atoms with Crippen molar-refractivity contribution >= 4 is 53.2 Å². The minimum absolute atomic E-state index is 0.0510. The van der Waals surface area contributed by atoms with E-state index in [1.54, 1.807) is 0 Å². The van der Waals surface area contributed by atoms with Gasteiger partial charge in [-0.3, -0.25) is 48.2 Å². The Bertz CT molecular complexity index is 1220. The van der Waals surface area contributed by atoms with Crippen LogP contribution < -0.4 is 38.1 Å². The summed E-state index contributed by atoms with van der Waals surface area (Å²) in [6.07, 6.45) is 0.438. The molecule has 3 heterocycles. The van der Waals surface area contributed by atoms with Crippen molar-refractivity contribution in [2.75, 3.05) is 32.8 Å². The first-order valence-electron chi connectivity index (χ1n) is 14.1. The molecule has 0 aromatic carbocycles. The Morgan fingerprint density at radius 3 is 2.23 bits per heavy atom. The summed E-state index contributed by atoms with van der Waals surface area (Å²) in [4.78, 5) is 109. The van der Waals surface area contributed by atoms with Crippen LogP contribution in [0, 0.1) is 0 Å². The summed E-state index contributed by atoms with van der Waals surface area (Å²) in [5, 5.41) is 22.0. The van der Waals surface area contributed by atoms with Crippen molar-refractivity contribution in [3.05, 3.63) is 0 Å². The number of aliphatic imine (C=N–C) groups is 1. The predicted octanol–water partition coefficient (Wildman–Crippen LogP) is -6.13. The second kappa shape index (κ2) is 15.1. The van der Waals surface area contributed by atoms with E-state index in [-0.39, 0.29) is 38.3 Å². The van der Waals surface area contributed by atoms with Crippen LogP contribution in [0.25, 0.3) is 0 Å². The molecule has 3 fully saturated rings. The molecule has 0 spiro atoms. The highest BCUT2D eigenvalue weighted by Crippen LogP contribution is 2.23. The molecule has 3 rings (SSSR count). The molecular formula is C25H38N10O9. The Balaban J connectivity index is 1.84. The standard InChI is InChI=1S/C25H38N10O9/c1-12-20(40)29-9-17(37)32-13(4-2-6-28-25(26)27)21(41)30-10-18(38)33-14-8-19(39)35(23(14)43)16(11-36)24(44)34-7-3-5-15(34)22(42)31-12/h12-16,36H,2-11H2,1H3,(H,29,40)(H,30,41)(H,31,42)(H,32,37)(H,33,38)(H4,26,27,28)/t12-,13-,14-,15-,16-/m0/s1. The van der Waals surface area contributed by atoms with Gasteiger partial charge in [-0.05, 0) is 32.6 Å². The summed E-state index contributed by atoms with van der Waals surface area (Å²) in [5.74, 6) is -6.55. The number of carbonyl (C=O) groups excluding carboxylic acids is 8. The van der Waals surface area contributed by atoms with Gasteiger partial charge >= 0.3 is 0 Å². The quantitative estimate of drug-likeness (QED) is 0.0618. The molecule has 0 aliphatic carbocycles. The molecule has 242 valence electrons. The maximum Gasteiger partial charge on any atom is 0.253 e. The molecule has 0 unspecified atom stereocenters.